The van der Waals surface area contributed by atoms with Crippen LogP contribution in [-0.2, 0) is 16.1 Å². The highest BCUT2D eigenvalue weighted by Gasteiger charge is 2.21. The summed E-state index contributed by atoms with van der Waals surface area (Å²) in [7, 11) is 1.87. The molecule has 0 aliphatic rings. The largest absolute Gasteiger partial charge is 0.480 e. The first-order chi connectivity index (χ1) is 15.2. The average Bonchev–Trinajstić information content (AvgIpc) is 2.76. The van der Waals surface area contributed by atoms with Gasteiger partial charge in [-0.2, -0.15) is 0 Å². The highest BCUT2D eigenvalue weighted by Crippen LogP contribution is 2.18. The van der Waals surface area contributed by atoms with Crippen LogP contribution in [0.5, 0.6) is 0 Å². The molecule has 0 unspecified atom stereocenters. The topological polar surface area (TPSA) is 158 Å². The predicted molar refractivity (Wildman–Crippen MR) is 118 cm³/mol. The van der Waals surface area contributed by atoms with E-state index < -0.39 is 23.8 Å². The molecule has 3 aromatic rings. The zero-order valence-corrected chi connectivity index (χ0v) is 17.4. The van der Waals surface area contributed by atoms with Crippen molar-refractivity contribution in [2.75, 3.05) is 11.9 Å². The summed E-state index contributed by atoms with van der Waals surface area (Å²) < 4.78 is 0. The number of benzene rings is 2. The number of nitrogens with one attached hydrogen (secondary N) is 2. The second-order valence-corrected chi connectivity index (χ2v) is 7.36. The molecule has 3 rings (SSSR count). The van der Waals surface area contributed by atoms with Gasteiger partial charge < -0.3 is 26.0 Å². The number of carbonyl (C=O) groups excluding carboxylic acids is 2. The molecule has 32 heavy (non-hydrogen) atoms. The van der Waals surface area contributed by atoms with Gasteiger partial charge in [0.1, 0.15) is 6.04 Å². The van der Waals surface area contributed by atoms with Gasteiger partial charge in [-0.25, -0.2) is 9.78 Å². The number of carbonyl (C=O) groups is 3. The third-order valence-electron chi connectivity index (χ3n) is 4.98. The number of fused-ring (bicyclic) bond motifs is 1. The fraction of sp³-hybridized carbons (Fsp3) is 0.227. The molecule has 2 amide bonds. The zero-order chi connectivity index (χ0) is 23.3. The molecule has 0 spiro atoms. The number of carboxylic acids is 1. The maximum absolute atomic E-state index is 12.4. The Bertz CT molecular complexity index is 1210. The van der Waals surface area contributed by atoms with Crippen molar-refractivity contribution in [3.05, 3.63) is 70.3 Å². The van der Waals surface area contributed by atoms with E-state index in [1.165, 1.54) is 6.33 Å². The normalized spacial score (nSPS) is 11.7. The molecule has 0 saturated heterocycles. The number of amides is 2. The van der Waals surface area contributed by atoms with Crippen molar-refractivity contribution in [2.24, 2.45) is 5.73 Å². The van der Waals surface area contributed by atoms with E-state index in [2.05, 4.69) is 15.3 Å². The van der Waals surface area contributed by atoms with Gasteiger partial charge in [0.15, 0.2) is 0 Å². The highest BCUT2D eigenvalue weighted by atomic mass is 16.4. The van der Waals surface area contributed by atoms with Crippen molar-refractivity contribution in [3.8, 4) is 0 Å². The fourth-order valence-corrected chi connectivity index (χ4v) is 3.23. The van der Waals surface area contributed by atoms with Crippen molar-refractivity contribution in [3.63, 3.8) is 0 Å². The average molecular weight is 437 g/mol. The minimum atomic E-state index is -1.24. The van der Waals surface area contributed by atoms with E-state index >= 15 is 0 Å². The van der Waals surface area contributed by atoms with E-state index in [1.807, 2.05) is 18.0 Å². The first kappa shape index (κ1) is 22.5. The first-order valence-corrected chi connectivity index (χ1v) is 9.84. The third-order valence-corrected chi connectivity index (χ3v) is 4.98. The van der Waals surface area contributed by atoms with Crippen molar-refractivity contribution in [2.45, 2.75) is 25.4 Å². The summed E-state index contributed by atoms with van der Waals surface area (Å²) in [6.45, 7) is 0.518. The second-order valence-electron chi connectivity index (χ2n) is 7.36. The smallest absolute Gasteiger partial charge is 0.326 e. The second kappa shape index (κ2) is 9.73. The lowest BCUT2D eigenvalue weighted by Gasteiger charge is -2.20. The van der Waals surface area contributed by atoms with Gasteiger partial charge in [-0.3, -0.25) is 14.4 Å². The van der Waals surface area contributed by atoms with E-state index in [0.717, 1.165) is 11.3 Å². The van der Waals surface area contributed by atoms with E-state index in [4.69, 9.17) is 5.73 Å². The van der Waals surface area contributed by atoms with Crippen LogP contribution in [0.1, 0.15) is 28.8 Å². The number of nitrogens with two attached hydrogens (primary N) is 1. The molecule has 0 aliphatic carbocycles. The Kier molecular flexibility index (Phi) is 6.83. The standard InChI is InChI=1S/C22H23N5O5/c1-27(11-13-2-7-17-16(10-13)21(30)25-12-24-17)15-5-3-14(4-6-15)20(29)26-18(22(31)32)8-9-19(23)28/h2-7,10,12,18H,8-9,11H2,1H3,(H2,23,28)(H,26,29)(H,31,32)(H,24,25,30)/t18-/m0/s1. The van der Waals surface area contributed by atoms with Crippen molar-refractivity contribution < 1.29 is 19.5 Å². The van der Waals surface area contributed by atoms with Crippen LogP contribution in [0.15, 0.2) is 53.6 Å². The van der Waals surface area contributed by atoms with Gasteiger partial charge in [0, 0.05) is 31.3 Å². The summed E-state index contributed by atoms with van der Waals surface area (Å²) in [6.07, 6.45) is 1.14. The molecule has 0 bridgehead atoms. The van der Waals surface area contributed by atoms with Crippen LogP contribution in [0.3, 0.4) is 0 Å². The lowest BCUT2D eigenvalue weighted by atomic mass is 10.1. The number of nitrogens with zero attached hydrogens (tertiary/aromatic N) is 2. The van der Waals surface area contributed by atoms with Crippen LogP contribution in [0, 0.1) is 0 Å². The Morgan fingerprint density at radius 1 is 1.19 bits per heavy atom. The number of aromatic amines is 1. The number of primary amides is 1. The molecule has 1 heterocycles. The molecule has 1 atom stereocenters. The lowest BCUT2D eigenvalue weighted by Crippen LogP contribution is -2.41. The number of aliphatic carboxylic acids is 1. The Morgan fingerprint density at radius 2 is 1.91 bits per heavy atom. The van der Waals surface area contributed by atoms with Gasteiger partial charge in [0.05, 0.1) is 17.2 Å². The number of anilines is 1. The Morgan fingerprint density at radius 3 is 2.56 bits per heavy atom. The summed E-state index contributed by atoms with van der Waals surface area (Å²) in [4.78, 5) is 55.2. The van der Waals surface area contributed by atoms with Gasteiger partial charge >= 0.3 is 5.97 Å². The SMILES string of the molecule is CN(Cc1ccc2nc[nH]c(=O)c2c1)c1ccc(C(=O)N[C@@H](CCC(N)=O)C(=O)O)cc1. The molecule has 0 saturated carbocycles. The third kappa shape index (κ3) is 5.48. The molecule has 5 N–H and O–H groups in total. The van der Waals surface area contributed by atoms with Crippen molar-refractivity contribution in [1.29, 1.82) is 0 Å². The lowest BCUT2D eigenvalue weighted by molar-refractivity contribution is -0.139. The zero-order valence-electron chi connectivity index (χ0n) is 17.4. The summed E-state index contributed by atoms with van der Waals surface area (Å²) in [5, 5.41) is 12.1. The number of hydrogen-bond donors (Lipinski definition) is 4. The van der Waals surface area contributed by atoms with Crippen LogP contribution < -0.4 is 21.5 Å². The van der Waals surface area contributed by atoms with Gasteiger partial charge in [0.2, 0.25) is 5.91 Å². The molecule has 0 fully saturated rings. The quantitative estimate of drug-likeness (QED) is 0.389. The molecule has 2 aromatic carbocycles. The number of aromatic nitrogens is 2. The number of hydrogen-bond acceptors (Lipinski definition) is 6. The van der Waals surface area contributed by atoms with E-state index in [1.54, 1.807) is 36.4 Å². The predicted octanol–water partition coefficient (Wildman–Crippen LogP) is 1.01. The maximum atomic E-state index is 12.4. The number of carboxylic acid groups (broad SMARTS) is 1. The Labute approximate surface area is 183 Å². The maximum Gasteiger partial charge on any atom is 0.326 e. The van der Waals surface area contributed by atoms with Crippen LogP contribution in [-0.4, -0.2) is 45.9 Å². The Hall–Kier alpha value is -4.21. The molecule has 166 valence electrons. The van der Waals surface area contributed by atoms with Crippen LogP contribution >= 0.6 is 0 Å². The molecule has 1 aromatic heterocycles. The van der Waals surface area contributed by atoms with Crippen molar-refractivity contribution >= 4 is 34.4 Å². The van der Waals surface area contributed by atoms with E-state index in [-0.39, 0.29) is 24.0 Å². The monoisotopic (exact) mass is 437 g/mol. The van der Waals surface area contributed by atoms with Crippen LogP contribution in [0.4, 0.5) is 5.69 Å². The summed E-state index contributed by atoms with van der Waals surface area (Å²) in [5.74, 6) is -2.43. The molecule has 10 heteroatoms. The van der Waals surface area contributed by atoms with Crippen molar-refractivity contribution in [1.82, 2.24) is 15.3 Å². The molecule has 0 aliphatic heterocycles. The van der Waals surface area contributed by atoms with Crippen LogP contribution in [0.2, 0.25) is 0 Å². The number of H-pyrrole nitrogens is 1. The molecular formula is C22H23N5O5. The summed E-state index contributed by atoms with van der Waals surface area (Å²) in [6, 6.07) is 10.9. The molecule has 10 nitrogen and oxygen atoms in total. The summed E-state index contributed by atoms with van der Waals surface area (Å²) in [5.41, 5.74) is 7.49. The van der Waals surface area contributed by atoms with E-state index in [9.17, 15) is 24.3 Å². The minimum Gasteiger partial charge on any atom is -0.480 e. The Balaban J connectivity index is 1.67. The fourth-order valence-electron chi connectivity index (χ4n) is 3.23. The highest BCUT2D eigenvalue weighted by molar-refractivity contribution is 5.97. The van der Waals surface area contributed by atoms with Gasteiger partial charge in [0.25, 0.3) is 11.5 Å². The molecule has 0 radical (unpaired) electrons. The minimum absolute atomic E-state index is 0.0820. The van der Waals surface area contributed by atoms with E-state index in [0.29, 0.717) is 17.4 Å². The van der Waals surface area contributed by atoms with Crippen LogP contribution in [0.25, 0.3) is 10.9 Å². The van der Waals surface area contributed by atoms with Gasteiger partial charge in [-0.15, -0.1) is 0 Å². The van der Waals surface area contributed by atoms with Gasteiger partial charge in [-0.05, 0) is 48.4 Å². The summed E-state index contributed by atoms with van der Waals surface area (Å²) >= 11 is 0. The first-order valence-electron chi connectivity index (χ1n) is 9.84. The number of rotatable bonds is 9. The molecular weight excluding hydrogens is 414 g/mol. The van der Waals surface area contributed by atoms with Gasteiger partial charge in [-0.1, -0.05) is 6.07 Å².